The lowest BCUT2D eigenvalue weighted by Gasteiger charge is -2.21. The van der Waals surface area contributed by atoms with Crippen molar-refractivity contribution >= 4 is 39.4 Å². The molecule has 11 heteroatoms. The summed E-state index contributed by atoms with van der Waals surface area (Å²) in [5, 5.41) is 3.78. The van der Waals surface area contributed by atoms with Gasteiger partial charge in [-0.15, -0.1) is 0 Å². The third kappa shape index (κ3) is 3.67. The van der Waals surface area contributed by atoms with Crippen LogP contribution in [-0.4, -0.2) is 29.5 Å². The van der Waals surface area contributed by atoms with Crippen LogP contribution in [0.15, 0.2) is 58.4 Å². The van der Waals surface area contributed by atoms with E-state index in [9.17, 15) is 14.0 Å². The molecule has 34 heavy (non-hydrogen) atoms. The Morgan fingerprint density at radius 1 is 1.09 bits per heavy atom. The Hall–Kier alpha value is -4.18. The smallest absolute Gasteiger partial charge is 0.267 e. The Balaban J connectivity index is 1.74. The number of fused-ring (bicyclic) bond motifs is 2. The number of nitrogens with one attached hydrogen (secondary N) is 2. The second-order valence-corrected chi connectivity index (χ2v) is 8.05. The molecule has 0 spiro atoms. The average molecular weight is 478 g/mol. The second kappa shape index (κ2) is 8.31. The lowest BCUT2D eigenvalue weighted by Crippen LogP contribution is -2.28. The molecule has 0 aliphatic rings. The van der Waals surface area contributed by atoms with Crippen LogP contribution < -0.4 is 16.4 Å². The van der Waals surface area contributed by atoms with Crippen molar-refractivity contribution in [1.82, 2.24) is 29.5 Å². The maximum atomic E-state index is 14.1. The Bertz CT molecular complexity index is 1700. The first-order chi connectivity index (χ1) is 16.3. The zero-order chi connectivity index (χ0) is 24.0. The number of anilines is 1. The van der Waals surface area contributed by atoms with Gasteiger partial charge in [-0.25, -0.2) is 24.3 Å². The van der Waals surface area contributed by atoms with Crippen LogP contribution in [0.2, 0.25) is 5.02 Å². The molecule has 5 aromatic rings. The Kier molecular flexibility index (Phi) is 5.29. The Morgan fingerprint density at radius 3 is 2.68 bits per heavy atom. The van der Waals surface area contributed by atoms with Crippen LogP contribution >= 0.6 is 11.6 Å². The van der Waals surface area contributed by atoms with Gasteiger partial charge in [0.05, 0.1) is 34.0 Å². The standard InChI is InChI=1S/C23H17ClFN7O2/c1-11(28-20-18-19(29-12(2)30-20)26-10-27-22(18)33)21-31-16-8-4-7-15(24)17(16)23(34)32(21)14-6-3-5-13(25)9-14/h3-11H,1-2H3,(H2,26,27,28,29,30,33)/t11-/m0/s1. The van der Waals surface area contributed by atoms with Crippen LogP contribution in [0.4, 0.5) is 10.2 Å². The summed E-state index contributed by atoms with van der Waals surface area (Å²) in [6.07, 6.45) is 1.26. The first-order valence-electron chi connectivity index (χ1n) is 10.3. The number of hydrogen-bond acceptors (Lipinski definition) is 7. The molecule has 2 aromatic carbocycles. The maximum Gasteiger partial charge on any atom is 0.267 e. The molecule has 2 N–H and O–H groups in total. The van der Waals surface area contributed by atoms with Crippen molar-refractivity contribution in [2.45, 2.75) is 19.9 Å². The number of aryl methyl sites for hydroxylation is 1. The fourth-order valence-electron chi connectivity index (χ4n) is 3.82. The predicted molar refractivity (Wildman–Crippen MR) is 127 cm³/mol. The molecule has 0 aliphatic carbocycles. The fourth-order valence-corrected chi connectivity index (χ4v) is 4.07. The molecule has 0 fully saturated rings. The molecule has 0 amide bonds. The topological polar surface area (TPSA) is 118 Å². The predicted octanol–water partition coefficient (Wildman–Crippen LogP) is 3.69. The summed E-state index contributed by atoms with van der Waals surface area (Å²) in [5.41, 5.74) is 0.0311. The van der Waals surface area contributed by atoms with E-state index in [4.69, 9.17) is 11.6 Å². The highest BCUT2D eigenvalue weighted by Gasteiger charge is 2.21. The number of halogens is 2. The molecule has 0 bridgehead atoms. The molecule has 3 heterocycles. The van der Waals surface area contributed by atoms with Gasteiger partial charge in [-0.1, -0.05) is 23.7 Å². The van der Waals surface area contributed by atoms with Crippen LogP contribution in [0.25, 0.3) is 27.6 Å². The van der Waals surface area contributed by atoms with Crippen molar-refractivity contribution < 1.29 is 4.39 Å². The molecule has 3 aromatic heterocycles. The summed E-state index contributed by atoms with van der Waals surface area (Å²) in [5.74, 6) is 0.400. The van der Waals surface area contributed by atoms with E-state index in [0.717, 1.165) is 0 Å². The third-order valence-electron chi connectivity index (χ3n) is 5.29. The zero-order valence-corrected chi connectivity index (χ0v) is 18.8. The SMILES string of the molecule is Cc1nc(N[C@@H](C)c2nc3cccc(Cl)c3c(=O)n2-c2cccc(F)c2)c2c(=O)[nH]cnc2n1. The first kappa shape index (κ1) is 21.7. The monoisotopic (exact) mass is 477 g/mol. The number of benzene rings is 2. The van der Waals surface area contributed by atoms with E-state index in [1.165, 1.54) is 29.1 Å². The summed E-state index contributed by atoms with van der Waals surface area (Å²) in [6.45, 7) is 3.43. The number of rotatable bonds is 4. The van der Waals surface area contributed by atoms with E-state index in [-0.39, 0.29) is 38.8 Å². The van der Waals surface area contributed by atoms with Gasteiger partial charge in [-0.05, 0) is 44.2 Å². The second-order valence-electron chi connectivity index (χ2n) is 7.64. The Labute approximate surface area is 196 Å². The maximum absolute atomic E-state index is 14.1. The highest BCUT2D eigenvalue weighted by Crippen LogP contribution is 2.26. The van der Waals surface area contributed by atoms with Crippen molar-refractivity contribution in [1.29, 1.82) is 0 Å². The van der Waals surface area contributed by atoms with Gasteiger partial charge in [0.1, 0.15) is 28.7 Å². The van der Waals surface area contributed by atoms with E-state index in [1.54, 1.807) is 38.1 Å². The molecular formula is C23H17ClFN7O2. The van der Waals surface area contributed by atoms with E-state index in [0.29, 0.717) is 11.3 Å². The van der Waals surface area contributed by atoms with Gasteiger partial charge < -0.3 is 10.3 Å². The molecule has 9 nitrogen and oxygen atoms in total. The zero-order valence-electron chi connectivity index (χ0n) is 18.0. The molecule has 0 aliphatic heterocycles. The summed E-state index contributed by atoms with van der Waals surface area (Å²) < 4.78 is 15.4. The minimum Gasteiger partial charge on any atom is -0.360 e. The highest BCUT2D eigenvalue weighted by molar-refractivity contribution is 6.35. The summed E-state index contributed by atoms with van der Waals surface area (Å²) in [6, 6.07) is 9.95. The minimum atomic E-state index is -0.642. The van der Waals surface area contributed by atoms with Crippen molar-refractivity contribution in [2.24, 2.45) is 0 Å². The fraction of sp³-hybridized carbons (Fsp3) is 0.130. The third-order valence-corrected chi connectivity index (χ3v) is 5.61. The van der Waals surface area contributed by atoms with E-state index in [1.807, 2.05) is 0 Å². The van der Waals surface area contributed by atoms with Crippen LogP contribution in [0.3, 0.4) is 0 Å². The lowest BCUT2D eigenvalue weighted by atomic mass is 10.2. The van der Waals surface area contributed by atoms with Gasteiger partial charge in [0, 0.05) is 0 Å². The van der Waals surface area contributed by atoms with Crippen molar-refractivity contribution in [2.75, 3.05) is 5.32 Å². The molecular weight excluding hydrogens is 461 g/mol. The van der Waals surface area contributed by atoms with Crippen molar-refractivity contribution in [3.63, 3.8) is 0 Å². The van der Waals surface area contributed by atoms with Gasteiger partial charge in [0.2, 0.25) is 0 Å². The number of aromatic amines is 1. The molecule has 1 atom stereocenters. The number of H-pyrrole nitrogens is 1. The number of hydrogen-bond donors (Lipinski definition) is 2. The lowest BCUT2D eigenvalue weighted by molar-refractivity contribution is 0.624. The summed E-state index contributed by atoms with van der Waals surface area (Å²) in [7, 11) is 0. The van der Waals surface area contributed by atoms with Crippen LogP contribution in [0.5, 0.6) is 0 Å². The molecule has 170 valence electrons. The number of aromatic nitrogens is 6. The first-order valence-corrected chi connectivity index (χ1v) is 10.7. The quantitative estimate of drug-likeness (QED) is 0.405. The Morgan fingerprint density at radius 2 is 1.88 bits per heavy atom. The van der Waals surface area contributed by atoms with Gasteiger partial charge in [0.15, 0.2) is 5.65 Å². The van der Waals surface area contributed by atoms with E-state index >= 15 is 0 Å². The van der Waals surface area contributed by atoms with E-state index < -0.39 is 23.0 Å². The minimum absolute atomic E-state index is 0.170. The average Bonchev–Trinajstić information content (AvgIpc) is 2.78. The molecule has 0 radical (unpaired) electrons. The van der Waals surface area contributed by atoms with E-state index in [2.05, 4.69) is 30.2 Å². The van der Waals surface area contributed by atoms with Gasteiger partial charge >= 0.3 is 0 Å². The van der Waals surface area contributed by atoms with Crippen LogP contribution in [0.1, 0.15) is 24.6 Å². The van der Waals surface area contributed by atoms with Crippen molar-refractivity contribution in [3.8, 4) is 5.69 Å². The van der Waals surface area contributed by atoms with Gasteiger partial charge in [-0.2, -0.15) is 0 Å². The normalized spacial score (nSPS) is 12.2. The van der Waals surface area contributed by atoms with Crippen LogP contribution in [-0.2, 0) is 0 Å². The largest absolute Gasteiger partial charge is 0.360 e. The molecule has 0 unspecified atom stereocenters. The van der Waals surface area contributed by atoms with Crippen LogP contribution in [0, 0.1) is 12.7 Å². The molecule has 0 saturated carbocycles. The highest BCUT2D eigenvalue weighted by atomic mass is 35.5. The summed E-state index contributed by atoms with van der Waals surface area (Å²) >= 11 is 6.31. The van der Waals surface area contributed by atoms with Gasteiger partial charge in [-0.3, -0.25) is 14.2 Å². The number of nitrogens with zero attached hydrogens (tertiary/aromatic N) is 5. The van der Waals surface area contributed by atoms with Crippen molar-refractivity contribution in [3.05, 3.63) is 92.0 Å². The summed E-state index contributed by atoms with van der Waals surface area (Å²) in [4.78, 5) is 45.9. The van der Waals surface area contributed by atoms with Gasteiger partial charge in [0.25, 0.3) is 11.1 Å². The molecule has 5 rings (SSSR count). The molecule has 0 saturated heterocycles.